The average Bonchev–Trinajstić information content (AvgIpc) is 2.01. The molecule has 0 aromatic heterocycles. The lowest BCUT2D eigenvalue weighted by molar-refractivity contribution is -0.137. The van der Waals surface area contributed by atoms with E-state index in [1.807, 2.05) is 0 Å². The number of carboxylic acid groups (broad SMARTS) is 1. The molecule has 1 rings (SSSR count). The van der Waals surface area contributed by atoms with E-state index in [0.29, 0.717) is 12.2 Å². The molecule has 1 heterocycles. The maximum absolute atomic E-state index is 10.8. The first kappa shape index (κ1) is 9.38. The van der Waals surface area contributed by atoms with Gasteiger partial charge >= 0.3 is 5.97 Å². The van der Waals surface area contributed by atoms with Crippen LogP contribution in [0.3, 0.4) is 0 Å². The minimum absolute atomic E-state index is 0.0154. The Morgan fingerprint density at radius 1 is 1.75 bits per heavy atom. The van der Waals surface area contributed by atoms with Gasteiger partial charge in [0.25, 0.3) is 0 Å². The quantitative estimate of drug-likeness (QED) is 0.660. The van der Waals surface area contributed by atoms with Gasteiger partial charge in [-0.2, -0.15) is 0 Å². The van der Waals surface area contributed by atoms with Gasteiger partial charge in [-0.25, -0.2) is 0 Å². The third-order valence-corrected chi connectivity index (χ3v) is 2.73. The van der Waals surface area contributed by atoms with Crippen LogP contribution < -0.4 is 5.32 Å². The maximum atomic E-state index is 10.8. The van der Waals surface area contributed by atoms with E-state index in [0.717, 1.165) is 5.75 Å². The number of amides is 1. The lowest BCUT2D eigenvalue weighted by Gasteiger charge is -2.21. The van der Waals surface area contributed by atoms with E-state index in [-0.39, 0.29) is 18.4 Å². The van der Waals surface area contributed by atoms with E-state index >= 15 is 0 Å². The van der Waals surface area contributed by atoms with Gasteiger partial charge in [0.2, 0.25) is 5.91 Å². The van der Waals surface area contributed by atoms with Crippen molar-refractivity contribution in [3.05, 3.63) is 0 Å². The number of hydrogen-bond acceptors (Lipinski definition) is 3. The van der Waals surface area contributed by atoms with Crippen LogP contribution in [0.2, 0.25) is 0 Å². The van der Waals surface area contributed by atoms with Crippen LogP contribution in [0.15, 0.2) is 0 Å². The molecule has 0 unspecified atom stereocenters. The first-order valence-electron chi connectivity index (χ1n) is 3.77. The van der Waals surface area contributed by atoms with Gasteiger partial charge in [-0.1, -0.05) is 0 Å². The van der Waals surface area contributed by atoms with Crippen LogP contribution in [0, 0.1) is 0 Å². The number of aliphatic carboxylic acids is 1. The molecule has 1 fully saturated rings. The smallest absolute Gasteiger partial charge is 0.303 e. The highest BCUT2D eigenvalue weighted by atomic mass is 32.2. The molecule has 0 aliphatic carbocycles. The summed E-state index contributed by atoms with van der Waals surface area (Å²) >= 11 is 1.56. The Bertz CT molecular complexity index is 195. The summed E-state index contributed by atoms with van der Waals surface area (Å²) in [7, 11) is 0. The standard InChI is InChI=1S/C7H11NO3S/c9-6-4-12-3-5(8-6)1-2-7(10)11/h5H,1-4H2,(H,8,9)(H,10,11)/t5-/m0/s1. The Labute approximate surface area is 74.7 Å². The van der Waals surface area contributed by atoms with Crippen LogP contribution in [0.25, 0.3) is 0 Å². The lowest BCUT2D eigenvalue weighted by Crippen LogP contribution is -2.42. The van der Waals surface area contributed by atoms with Gasteiger partial charge in [-0.15, -0.1) is 11.8 Å². The van der Waals surface area contributed by atoms with Crippen LogP contribution in [-0.4, -0.2) is 34.5 Å². The van der Waals surface area contributed by atoms with Crippen LogP contribution in [0.1, 0.15) is 12.8 Å². The average molecular weight is 189 g/mol. The number of carbonyl (C=O) groups excluding carboxylic acids is 1. The van der Waals surface area contributed by atoms with E-state index < -0.39 is 5.97 Å². The summed E-state index contributed by atoms with van der Waals surface area (Å²) in [5.41, 5.74) is 0. The summed E-state index contributed by atoms with van der Waals surface area (Å²) in [6.45, 7) is 0. The van der Waals surface area contributed by atoms with E-state index in [9.17, 15) is 9.59 Å². The fourth-order valence-corrected chi connectivity index (χ4v) is 1.98. The first-order chi connectivity index (χ1) is 5.68. The maximum Gasteiger partial charge on any atom is 0.303 e. The van der Waals surface area contributed by atoms with Crippen LogP contribution in [0.4, 0.5) is 0 Å². The van der Waals surface area contributed by atoms with Crippen molar-refractivity contribution in [3.8, 4) is 0 Å². The molecule has 0 aromatic rings. The third-order valence-electron chi connectivity index (χ3n) is 1.62. The summed E-state index contributed by atoms with van der Waals surface area (Å²) in [6, 6.07) is 0.0485. The van der Waals surface area contributed by atoms with Crippen LogP contribution >= 0.6 is 11.8 Å². The fraction of sp³-hybridized carbons (Fsp3) is 0.714. The van der Waals surface area contributed by atoms with Gasteiger partial charge in [-0.3, -0.25) is 9.59 Å². The molecule has 0 bridgehead atoms. The Hall–Kier alpha value is -0.710. The van der Waals surface area contributed by atoms with Gasteiger partial charge < -0.3 is 10.4 Å². The van der Waals surface area contributed by atoms with Crippen molar-refractivity contribution < 1.29 is 14.7 Å². The monoisotopic (exact) mass is 189 g/mol. The van der Waals surface area contributed by atoms with Crippen molar-refractivity contribution in [3.63, 3.8) is 0 Å². The summed E-state index contributed by atoms with van der Waals surface area (Å²) in [5, 5.41) is 11.1. The van der Waals surface area contributed by atoms with Gasteiger partial charge in [0.15, 0.2) is 0 Å². The molecule has 1 aliphatic rings. The molecule has 1 atom stereocenters. The fourth-order valence-electron chi connectivity index (χ4n) is 1.06. The molecule has 1 amide bonds. The number of hydrogen-bond donors (Lipinski definition) is 2. The number of carboxylic acids is 1. The normalized spacial score (nSPS) is 23.3. The van der Waals surface area contributed by atoms with E-state index in [4.69, 9.17) is 5.11 Å². The molecule has 5 heteroatoms. The van der Waals surface area contributed by atoms with Gasteiger partial charge in [0, 0.05) is 18.2 Å². The van der Waals surface area contributed by atoms with Crippen molar-refractivity contribution in [2.24, 2.45) is 0 Å². The molecule has 2 N–H and O–H groups in total. The molecule has 1 aliphatic heterocycles. The minimum Gasteiger partial charge on any atom is -0.481 e. The zero-order chi connectivity index (χ0) is 8.97. The first-order valence-corrected chi connectivity index (χ1v) is 4.93. The lowest BCUT2D eigenvalue weighted by atomic mass is 10.2. The van der Waals surface area contributed by atoms with Crippen molar-refractivity contribution >= 4 is 23.6 Å². The summed E-state index contributed by atoms with van der Waals surface area (Å²) in [4.78, 5) is 21.0. The van der Waals surface area contributed by atoms with Gasteiger partial charge in [-0.05, 0) is 6.42 Å². The third kappa shape index (κ3) is 3.13. The molecule has 68 valence electrons. The zero-order valence-electron chi connectivity index (χ0n) is 6.58. The predicted molar refractivity (Wildman–Crippen MR) is 46.1 cm³/mol. The van der Waals surface area contributed by atoms with Crippen molar-refractivity contribution in [2.75, 3.05) is 11.5 Å². The number of nitrogens with one attached hydrogen (secondary N) is 1. The second-order valence-electron chi connectivity index (χ2n) is 2.71. The summed E-state index contributed by atoms with van der Waals surface area (Å²) in [5.74, 6) is 0.546. The second kappa shape index (κ2) is 4.35. The topological polar surface area (TPSA) is 66.4 Å². The Morgan fingerprint density at radius 2 is 2.50 bits per heavy atom. The van der Waals surface area contributed by atoms with Crippen molar-refractivity contribution in [2.45, 2.75) is 18.9 Å². The van der Waals surface area contributed by atoms with Crippen LogP contribution in [0.5, 0.6) is 0 Å². The molecule has 0 radical (unpaired) electrons. The highest BCUT2D eigenvalue weighted by Gasteiger charge is 2.18. The second-order valence-corrected chi connectivity index (χ2v) is 3.74. The van der Waals surface area contributed by atoms with E-state index in [2.05, 4.69) is 5.32 Å². The molecule has 0 aromatic carbocycles. The summed E-state index contributed by atoms with van der Waals surface area (Å²) in [6.07, 6.45) is 0.666. The number of carbonyl (C=O) groups is 2. The van der Waals surface area contributed by atoms with E-state index in [1.165, 1.54) is 0 Å². The molecular weight excluding hydrogens is 178 g/mol. The van der Waals surface area contributed by atoms with Crippen LogP contribution in [-0.2, 0) is 9.59 Å². The molecule has 0 saturated carbocycles. The highest BCUT2D eigenvalue weighted by Crippen LogP contribution is 2.12. The SMILES string of the molecule is O=C(O)CC[C@H]1CSCC(=O)N1. The van der Waals surface area contributed by atoms with Gasteiger partial charge in [0.1, 0.15) is 0 Å². The highest BCUT2D eigenvalue weighted by molar-refractivity contribution is 8.00. The molecule has 4 nitrogen and oxygen atoms in total. The Kier molecular flexibility index (Phi) is 3.40. The minimum atomic E-state index is -0.806. The van der Waals surface area contributed by atoms with Crippen molar-refractivity contribution in [1.82, 2.24) is 5.32 Å². The molecular formula is C7H11NO3S. The van der Waals surface area contributed by atoms with Crippen molar-refractivity contribution in [1.29, 1.82) is 0 Å². The number of rotatable bonds is 3. The van der Waals surface area contributed by atoms with E-state index in [1.54, 1.807) is 11.8 Å². The molecule has 1 saturated heterocycles. The van der Waals surface area contributed by atoms with Gasteiger partial charge in [0.05, 0.1) is 5.75 Å². The largest absolute Gasteiger partial charge is 0.481 e. The predicted octanol–water partition coefficient (Wildman–Crippen LogP) is 0.0828. The summed E-state index contributed by atoms with van der Waals surface area (Å²) < 4.78 is 0. The Morgan fingerprint density at radius 3 is 3.08 bits per heavy atom. The number of thioether (sulfide) groups is 1. The Balaban J connectivity index is 2.23. The molecule has 12 heavy (non-hydrogen) atoms. The molecule has 0 spiro atoms. The zero-order valence-corrected chi connectivity index (χ0v) is 7.39.